The van der Waals surface area contributed by atoms with E-state index in [1.807, 2.05) is 30.3 Å². The molecule has 1 aliphatic rings. The lowest BCUT2D eigenvalue weighted by atomic mass is 10.0. The van der Waals surface area contributed by atoms with Crippen molar-refractivity contribution in [2.24, 2.45) is 0 Å². The van der Waals surface area contributed by atoms with Gasteiger partial charge in [-0.15, -0.1) is 0 Å². The molecule has 4 aromatic rings. The molecule has 1 aliphatic heterocycles. The van der Waals surface area contributed by atoms with Crippen LogP contribution in [0, 0.1) is 5.82 Å². The highest BCUT2D eigenvalue weighted by Gasteiger charge is 2.26. The Labute approximate surface area is 189 Å². The lowest BCUT2D eigenvalue weighted by molar-refractivity contribution is 0.0673. The molecule has 7 nitrogen and oxygen atoms in total. The first kappa shape index (κ1) is 20.7. The Morgan fingerprint density at radius 3 is 2.36 bits per heavy atom. The van der Waals surface area contributed by atoms with Gasteiger partial charge in [0.1, 0.15) is 11.5 Å². The maximum absolute atomic E-state index is 13.4. The number of furan rings is 1. The average Bonchev–Trinajstić information content (AvgIpc) is 3.39. The van der Waals surface area contributed by atoms with Crippen LogP contribution in [-0.4, -0.2) is 52.9 Å². The first-order valence-electron chi connectivity index (χ1n) is 10.6. The number of amides is 3. The predicted octanol–water partition coefficient (Wildman–Crippen LogP) is 4.62. The summed E-state index contributed by atoms with van der Waals surface area (Å²) in [6.07, 6.45) is 1.57. The van der Waals surface area contributed by atoms with Crippen LogP contribution in [0.1, 0.15) is 10.4 Å². The SMILES string of the molecule is O=C(Nc1ccc(F)cc1)N1CCN(C(=O)c2cc(-c3ccco3)nc3ccccc23)CC1. The second-order valence-electron chi connectivity index (χ2n) is 7.77. The second-order valence-corrected chi connectivity index (χ2v) is 7.77. The van der Waals surface area contributed by atoms with E-state index in [2.05, 4.69) is 10.3 Å². The molecule has 0 aliphatic carbocycles. The number of fused-ring (bicyclic) bond motifs is 1. The normalized spacial score (nSPS) is 13.8. The van der Waals surface area contributed by atoms with E-state index in [0.29, 0.717) is 54.4 Å². The number of carbonyl (C=O) groups is 2. The zero-order valence-corrected chi connectivity index (χ0v) is 17.7. The molecule has 33 heavy (non-hydrogen) atoms. The molecule has 1 N–H and O–H groups in total. The molecule has 0 saturated carbocycles. The van der Waals surface area contributed by atoms with E-state index in [0.717, 1.165) is 5.39 Å². The van der Waals surface area contributed by atoms with Gasteiger partial charge in [-0.25, -0.2) is 14.2 Å². The van der Waals surface area contributed by atoms with Crippen molar-refractivity contribution in [2.45, 2.75) is 0 Å². The summed E-state index contributed by atoms with van der Waals surface area (Å²) in [6.45, 7) is 1.60. The Kier molecular flexibility index (Phi) is 5.48. The Morgan fingerprint density at radius 2 is 1.64 bits per heavy atom. The molecule has 0 bridgehead atoms. The Balaban J connectivity index is 1.32. The Morgan fingerprint density at radius 1 is 0.909 bits per heavy atom. The fourth-order valence-electron chi connectivity index (χ4n) is 3.92. The standard InChI is InChI=1S/C25H21FN4O3/c26-17-7-9-18(10-8-17)27-25(32)30-13-11-29(12-14-30)24(31)20-16-22(23-6-3-15-33-23)28-21-5-2-1-4-19(20)21/h1-10,15-16H,11-14H2,(H,27,32). The van der Waals surface area contributed by atoms with Crippen LogP contribution in [0.3, 0.4) is 0 Å². The summed E-state index contributed by atoms with van der Waals surface area (Å²) < 4.78 is 18.6. The van der Waals surface area contributed by atoms with Crippen LogP contribution in [0.4, 0.5) is 14.9 Å². The molecular weight excluding hydrogens is 423 g/mol. The van der Waals surface area contributed by atoms with E-state index in [9.17, 15) is 14.0 Å². The van der Waals surface area contributed by atoms with E-state index in [4.69, 9.17) is 4.42 Å². The molecule has 8 heteroatoms. The maximum Gasteiger partial charge on any atom is 0.321 e. The highest BCUT2D eigenvalue weighted by Crippen LogP contribution is 2.26. The molecule has 0 spiro atoms. The number of piperazine rings is 1. The predicted molar refractivity (Wildman–Crippen MR) is 122 cm³/mol. The minimum absolute atomic E-state index is 0.111. The number of benzene rings is 2. The number of pyridine rings is 1. The van der Waals surface area contributed by atoms with Crippen molar-refractivity contribution in [1.29, 1.82) is 0 Å². The maximum atomic E-state index is 13.4. The number of rotatable bonds is 3. The summed E-state index contributed by atoms with van der Waals surface area (Å²) in [5.74, 6) is 0.121. The van der Waals surface area contributed by atoms with Crippen LogP contribution >= 0.6 is 0 Å². The number of hydrogen-bond acceptors (Lipinski definition) is 4. The van der Waals surface area contributed by atoms with Crippen molar-refractivity contribution in [3.8, 4) is 11.5 Å². The number of para-hydroxylation sites is 1. The number of urea groups is 1. The van der Waals surface area contributed by atoms with E-state index in [-0.39, 0.29) is 17.8 Å². The zero-order valence-electron chi connectivity index (χ0n) is 17.7. The minimum atomic E-state index is -0.362. The third-order valence-corrected chi connectivity index (χ3v) is 5.67. The van der Waals surface area contributed by atoms with Crippen molar-refractivity contribution in [3.63, 3.8) is 0 Å². The summed E-state index contributed by atoms with van der Waals surface area (Å²) in [6, 6.07) is 18.2. The van der Waals surface area contributed by atoms with E-state index < -0.39 is 0 Å². The molecule has 2 aromatic heterocycles. The summed E-state index contributed by atoms with van der Waals surface area (Å²) in [7, 11) is 0. The number of anilines is 1. The highest BCUT2D eigenvalue weighted by molar-refractivity contribution is 6.07. The lowest BCUT2D eigenvalue weighted by Gasteiger charge is -2.35. The van der Waals surface area contributed by atoms with E-state index in [1.54, 1.807) is 28.2 Å². The number of nitrogens with zero attached hydrogens (tertiary/aromatic N) is 3. The highest BCUT2D eigenvalue weighted by atomic mass is 19.1. The Bertz CT molecular complexity index is 1300. The van der Waals surface area contributed by atoms with Gasteiger partial charge in [-0.1, -0.05) is 18.2 Å². The number of carbonyl (C=O) groups excluding carboxylic acids is 2. The van der Waals surface area contributed by atoms with Gasteiger partial charge in [0.05, 0.1) is 17.3 Å². The van der Waals surface area contributed by atoms with Gasteiger partial charge in [0.15, 0.2) is 5.76 Å². The van der Waals surface area contributed by atoms with Crippen LogP contribution in [0.15, 0.2) is 77.4 Å². The van der Waals surface area contributed by atoms with Gasteiger partial charge in [-0.2, -0.15) is 0 Å². The lowest BCUT2D eigenvalue weighted by Crippen LogP contribution is -2.51. The number of hydrogen-bond donors (Lipinski definition) is 1. The van der Waals surface area contributed by atoms with E-state index >= 15 is 0 Å². The molecule has 1 fully saturated rings. The molecule has 1 saturated heterocycles. The van der Waals surface area contributed by atoms with Gasteiger partial charge in [0.25, 0.3) is 5.91 Å². The molecule has 0 unspecified atom stereocenters. The van der Waals surface area contributed by atoms with Crippen molar-refractivity contribution >= 4 is 28.5 Å². The average molecular weight is 444 g/mol. The van der Waals surface area contributed by atoms with E-state index in [1.165, 1.54) is 24.3 Å². The Hall–Kier alpha value is -4.20. The smallest absolute Gasteiger partial charge is 0.321 e. The summed E-state index contributed by atoms with van der Waals surface area (Å²) >= 11 is 0. The third kappa shape index (κ3) is 4.27. The first-order valence-corrected chi connectivity index (χ1v) is 10.6. The van der Waals surface area contributed by atoms with Crippen LogP contribution in [0.2, 0.25) is 0 Å². The fourth-order valence-corrected chi connectivity index (χ4v) is 3.92. The molecule has 3 amide bonds. The van der Waals surface area contributed by atoms with Gasteiger partial charge in [-0.05, 0) is 48.5 Å². The van der Waals surface area contributed by atoms with Gasteiger partial charge in [0, 0.05) is 37.3 Å². The number of halogens is 1. The van der Waals surface area contributed by atoms with Gasteiger partial charge in [0.2, 0.25) is 0 Å². The summed E-state index contributed by atoms with van der Waals surface area (Å²) in [5.41, 5.74) is 2.39. The second kappa shape index (κ2) is 8.74. The molecule has 5 rings (SSSR count). The van der Waals surface area contributed by atoms with Crippen LogP contribution < -0.4 is 5.32 Å². The number of aromatic nitrogens is 1. The molecule has 0 radical (unpaired) electrons. The largest absolute Gasteiger partial charge is 0.463 e. The van der Waals surface area contributed by atoms with Crippen LogP contribution in [0.5, 0.6) is 0 Å². The van der Waals surface area contributed by atoms with Crippen LogP contribution in [0.25, 0.3) is 22.4 Å². The van der Waals surface area contributed by atoms with Crippen molar-refractivity contribution in [2.75, 3.05) is 31.5 Å². The monoisotopic (exact) mass is 444 g/mol. The fraction of sp³-hybridized carbons (Fsp3) is 0.160. The number of nitrogens with one attached hydrogen (secondary N) is 1. The summed E-state index contributed by atoms with van der Waals surface area (Å²) in [5, 5.41) is 3.53. The third-order valence-electron chi connectivity index (χ3n) is 5.67. The molecular formula is C25H21FN4O3. The molecule has 0 atom stereocenters. The van der Waals surface area contributed by atoms with Gasteiger partial charge in [-0.3, -0.25) is 4.79 Å². The van der Waals surface area contributed by atoms with Crippen molar-refractivity contribution in [1.82, 2.24) is 14.8 Å². The van der Waals surface area contributed by atoms with Crippen LogP contribution in [-0.2, 0) is 0 Å². The van der Waals surface area contributed by atoms with Gasteiger partial charge >= 0.3 is 6.03 Å². The quantitative estimate of drug-likeness (QED) is 0.500. The van der Waals surface area contributed by atoms with Crippen molar-refractivity contribution < 1.29 is 18.4 Å². The molecule has 2 aromatic carbocycles. The summed E-state index contributed by atoms with van der Waals surface area (Å²) in [4.78, 5) is 34.0. The molecule has 166 valence electrons. The minimum Gasteiger partial charge on any atom is -0.463 e. The van der Waals surface area contributed by atoms with Crippen molar-refractivity contribution in [3.05, 3.63) is 84.4 Å². The molecule has 3 heterocycles. The first-order chi connectivity index (χ1) is 16.1. The van der Waals surface area contributed by atoms with Gasteiger partial charge < -0.3 is 19.5 Å². The topological polar surface area (TPSA) is 78.7 Å². The zero-order chi connectivity index (χ0) is 22.8.